The molecule has 11 heteroatoms. The van der Waals surface area contributed by atoms with Gasteiger partial charge in [0, 0.05) is 32.0 Å². The second-order valence-corrected chi connectivity index (χ2v) is 10.2. The first kappa shape index (κ1) is 22.0. The summed E-state index contributed by atoms with van der Waals surface area (Å²) in [5.74, 6) is -0.103. The zero-order chi connectivity index (χ0) is 23.4. The minimum atomic E-state index is -4.67. The molecule has 0 saturated carbocycles. The number of fused-ring (bicyclic) bond motifs is 2. The SMILES string of the molecule is O=C1CC2(CCN(S(=O)(=O)c3ccc4c(c3)OCCO4)CC2)Oc2c1cccc2C(F)(F)F. The number of Topliss-reactive ketones (excluding diaryl/α,β-unsaturated/α-hetero) is 1. The van der Waals surface area contributed by atoms with Gasteiger partial charge in [0.25, 0.3) is 0 Å². The molecule has 0 bridgehead atoms. The molecule has 0 atom stereocenters. The molecule has 0 aromatic heterocycles. The van der Waals surface area contributed by atoms with Crippen molar-refractivity contribution in [3.63, 3.8) is 0 Å². The highest BCUT2D eigenvalue weighted by atomic mass is 32.2. The van der Waals surface area contributed by atoms with Crippen molar-refractivity contribution in [2.24, 2.45) is 0 Å². The van der Waals surface area contributed by atoms with E-state index in [1.54, 1.807) is 0 Å². The molecule has 3 aliphatic heterocycles. The first-order valence-corrected chi connectivity index (χ1v) is 11.9. The Morgan fingerprint density at radius 2 is 1.67 bits per heavy atom. The van der Waals surface area contributed by atoms with E-state index in [1.165, 1.54) is 34.6 Å². The summed E-state index contributed by atoms with van der Waals surface area (Å²) in [5.41, 5.74) is -2.27. The fourth-order valence-electron chi connectivity index (χ4n) is 4.48. The molecule has 3 aliphatic rings. The van der Waals surface area contributed by atoms with Gasteiger partial charge in [-0.3, -0.25) is 4.79 Å². The first-order chi connectivity index (χ1) is 15.6. The topological polar surface area (TPSA) is 82.1 Å². The molecule has 5 rings (SSSR count). The zero-order valence-electron chi connectivity index (χ0n) is 17.4. The Bertz CT molecular complexity index is 1220. The van der Waals surface area contributed by atoms with E-state index < -0.39 is 38.9 Å². The number of benzene rings is 2. The van der Waals surface area contributed by atoms with E-state index in [0.717, 1.165) is 6.07 Å². The van der Waals surface area contributed by atoms with Gasteiger partial charge in [-0.2, -0.15) is 17.5 Å². The summed E-state index contributed by atoms with van der Waals surface area (Å²) in [7, 11) is -3.88. The third-order valence-electron chi connectivity index (χ3n) is 6.21. The number of rotatable bonds is 2. The van der Waals surface area contributed by atoms with Crippen LogP contribution in [-0.2, 0) is 16.2 Å². The highest BCUT2D eigenvalue weighted by Crippen LogP contribution is 2.46. The third-order valence-corrected chi connectivity index (χ3v) is 8.10. The Kier molecular flexibility index (Phi) is 5.09. The Morgan fingerprint density at radius 3 is 2.36 bits per heavy atom. The molecular formula is C22H20F3NO6S. The summed E-state index contributed by atoms with van der Waals surface area (Å²) in [6.45, 7) is 0.710. The lowest BCUT2D eigenvalue weighted by molar-refractivity contribution is -0.140. The van der Waals surface area contributed by atoms with Crippen LogP contribution in [0.4, 0.5) is 13.2 Å². The van der Waals surface area contributed by atoms with Crippen LogP contribution < -0.4 is 14.2 Å². The second kappa shape index (κ2) is 7.63. The molecule has 176 valence electrons. The lowest BCUT2D eigenvalue weighted by Crippen LogP contribution is -2.52. The van der Waals surface area contributed by atoms with Gasteiger partial charge in [-0.15, -0.1) is 0 Å². The molecule has 3 heterocycles. The van der Waals surface area contributed by atoms with E-state index in [1.807, 2.05) is 0 Å². The van der Waals surface area contributed by atoms with Crippen LogP contribution >= 0.6 is 0 Å². The highest BCUT2D eigenvalue weighted by molar-refractivity contribution is 7.89. The van der Waals surface area contributed by atoms with Crippen LogP contribution in [0.1, 0.15) is 35.2 Å². The van der Waals surface area contributed by atoms with Crippen molar-refractivity contribution in [3.8, 4) is 17.2 Å². The Morgan fingerprint density at radius 1 is 0.970 bits per heavy atom. The van der Waals surface area contributed by atoms with Crippen LogP contribution in [0, 0.1) is 0 Å². The van der Waals surface area contributed by atoms with Crippen molar-refractivity contribution in [3.05, 3.63) is 47.5 Å². The highest BCUT2D eigenvalue weighted by Gasteiger charge is 2.48. The fraction of sp³-hybridized carbons (Fsp3) is 0.409. The molecule has 1 spiro atoms. The number of carbonyl (C=O) groups excluding carboxylic acids is 1. The quantitative estimate of drug-likeness (QED) is 0.649. The number of hydrogen-bond donors (Lipinski definition) is 0. The number of sulfonamides is 1. The van der Waals surface area contributed by atoms with Gasteiger partial charge in [0.15, 0.2) is 17.3 Å². The van der Waals surface area contributed by atoms with E-state index in [2.05, 4.69) is 0 Å². The molecule has 7 nitrogen and oxygen atoms in total. The number of hydrogen-bond acceptors (Lipinski definition) is 6. The van der Waals surface area contributed by atoms with Crippen molar-refractivity contribution in [2.75, 3.05) is 26.3 Å². The first-order valence-electron chi connectivity index (χ1n) is 10.4. The van der Waals surface area contributed by atoms with Gasteiger partial charge >= 0.3 is 6.18 Å². The average Bonchev–Trinajstić information content (AvgIpc) is 2.78. The monoisotopic (exact) mass is 483 g/mol. The van der Waals surface area contributed by atoms with E-state index in [-0.39, 0.29) is 42.8 Å². The molecule has 33 heavy (non-hydrogen) atoms. The van der Waals surface area contributed by atoms with Crippen LogP contribution in [0.5, 0.6) is 17.2 Å². The maximum atomic E-state index is 13.5. The number of nitrogens with zero attached hydrogens (tertiary/aromatic N) is 1. The molecule has 2 aromatic carbocycles. The molecule has 0 unspecified atom stereocenters. The number of halogens is 3. The molecule has 0 radical (unpaired) electrons. The van der Waals surface area contributed by atoms with E-state index in [0.29, 0.717) is 24.7 Å². The summed E-state index contributed by atoms with van der Waals surface area (Å²) in [6.07, 6.45) is -4.59. The van der Waals surface area contributed by atoms with E-state index in [9.17, 15) is 26.4 Å². The van der Waals surface area contributed by atoms with Crippen molar-refractivity contribution in [1.29, 1.82) is 0 Å². The van der Waals surface area contributed by atoms with Crippen LogP contribution in [0.2, 0.25) is 0 Å². The molecule has 0 N–H and O–H groups in total. The van der Waals surface area contributed by atoms with Crippen molar-refractivity contribution >= 4 is 15.8 Å². The number of alkyl halides is 3. The number of ether oxygens (including phenoxy) is 3. The second-order valence-electron chi connectivity index (χ2n) is 8.27. The predicted molar refractivity (Wildman–Crippen MR) is 109 cm³/mol. The van der Waals surface area contributed by atoms with Gasteiger partial charge in [0.1, 0.15) is 24.6 Å². The maximum absolute atomic E-state index is 13.5. The molecule has 0 amide bonds. The summed E-state index contributed by atoms with van der Waals surface area (Å²) in [6, 6.07) is 7.75. The maximum Gasteiger partial charge on any atom is 0.419 e. The number of ketones is 1. The van der Waals surface area contributed by atoms with Crippen molar-refractivity contribution < 1.29 is 40.6 Å². The molecule has 0 aliphatic carbocycles. The van der Waals surface area contributed by atoms with Gasteiger partial charge in [-0.05, 0) is 24.3 Å². The van der Waals surface area contributed by atoms with Gasteiger partial charge in [-0.25, -0.2) is 8.42 Å². The summed E-state index contributed by atoms with van der Waals surface area (Å²) < 4.78 is 84.8. The fourth-order valence-corrected chi connectivity index (χ4v) is 5.93. The van der Waals surface area contributed by atoms with Crippen LogP contribution in [0.15, 0.2) is 41.3 Å². The Labute approximate surface area is 188 Å². The largest absolute Gasteiger partial charge is 0.486 e. The van der Waals surface area contributed by atoms with Gasteiger partial charge in [-0.1, -0.05) is 6.07 Å². The molecular weight excluding hydrogens is 463 g/mol. The van der Waals surface area contributed by atoms with Crippen LogP contribution in [0.25, 0.3) is 0 Å². The van der Waals surface area contributed by atoms with E-state index in [4.69, 9.17) is 14.2 Å². The number of carbonyl (C=O) groups is 1. The van der Waals surface area contributed by atoms with Gasteiger partial charge in [0.05, 0.1) is 22.4 Å². The smallest absolute Gasteiger partial charge is 0.419 e. The molecule has 1 fully saturated rings. The number of para-hydroxylation sites is 1. The van der Waals surface area contributed by atoms with Gasteiger partial charge in [0.2, 0.25) is 10.0 Å². The molecule has 2 aromatic rings. The van der Waals surface area contributed by atoms with E-state index >= 15 is 0 Å². The number of piperidine rings is 1. The minimum Gasteiger partial charge on any atom is -0.486 e. The average molecular weight is 483 g/mol. The van der Waals surface area contributed by atoms with Gasteiger partial charge < -0.3 is 14.2 Å². The Hall–Kier alpha value is -2.79. The lowest BCUT2D eigenvalue weighted by atomic mass is 9.82. The van der Waals surface area contributed by atoms with Crippen molar-refractivity contribution in [2.45, 2.75) is 35.9 Å². The third kappa shape index (κ3) is 3.82. The lowest BCUT2D eigenvalue weighted by Gasteiger charge is -2.44. The standard InChI is InChI=1S/C22H20F3NO6S/c23-22(24,25)16-3-1-2-15-17(27)13-21(32-20(15)16)6-8-26(9-7-21)33(28,29)14-4-5-18-19(12-14)31-11-10-30-18/h1-5,12H,6-11,13H2. The zero-order valence-corrected chi connectivity index (χ0v) is 18.2. The summed E-state index contributed by atoms with van der Waals surface area (Å²) in [4.78, 5) is 12.7. The van der Waals surface area contributed by atoms with Crippen molar-refractivity contribution in [1.82, 2.24) is 4.31 Å². The minimum absolute atomic E-state index is 0.00751. The summed E-state index contributed by atoms with van der Waals surface area (Å²) in [5, 5.41) is 0. The van der Waals surface area contributed by atoms with Crippen LogP contribution in [-0.4, -0.2) is 50.4 Å². The Balaban J connectivity index is 1.38. The predicted octanol–water partition coefficient (Wildman–Crippen LogP) is 3.67. The normalized spacial score (nSPS) is 20.3. The van der Waals surface area contributed by atoms with Crippen LogP contribution in [0.3, 0.4) is 0 Å². The summed E-state index contributed by atoms with van der Waals surface area (Å²) >= 11 is 0. The molecule has 1 saturated heterocycles.